The lowest BCUT2D eigenvalue weighted by molar-refractivity contribution is -0.134. The molecule has 0 aliphatic carbocycles. The second-order valence-electron chi connectivity index (χ2n) is 13.9. The number of nitrogens with zero attached hydrogens (tertiary/aromatic N) is 4. The number of ether oxygens (including phenoxy) is 1. The zero-order chi connectivity index (χ0) is 32.8. The van der Waals surface area contributed by atoms with Gasteiger partial charge >= 0.3 is 6.09 Å². The molecule has 46 heavy (non-hydrogen) atoms. The number of nitrogens with one attached hydrogen (secondary N) is 1. The number of hydrogen-bond donors (Lipinski definition) is 1. The van der Waals surface area contributed by atoms with Gasteiger partial charge in [-0.2, -0.15) is 0 Å². The van der Waals surface area contributed by atoms with Gasteiger partial charge in [-0.15, -0.1) is 0 Å². The molecule has 0 spiro atoms. The summed E-state index contributed by atoms with van der Waals surface area (Å²) in [6, 6.07) is 16.2. The third-order valence-electron chi connectivity index (χ3n) is 9.13. The first-order valence-electron chi connectivity index (χ1n) is 15.9. The van der Waals surface area contributed by atoms with Crippen molar-refractivity contribution in [2.24, 2.45) is 0 Å². The molecule has 2 aliphatic heterocycles. The highest BCUT2D eigenvalue weighted by Gasteiger charge is 2.50. The minimum atomic E-state index is -0.787. The molecule has 0 saturated carbocycles. The molecule has 1 unspecified atom stereocenters. The Morgan fingerprint density at radius 3 is 2.46 bits per heavy atom. The van der Waals surface area contributed by atoms with Crippen molar-refractivity contribution in [2.75, 3.05) is 31.1 Å². The number of rotatable bonds is 5. The quantitative estimate of drug-likeness (QED) is 0.241. The van der Waals surface area contributed by atoms with Gasteiger partial charge in [-0.05, 0) is 76.8 Å². The summed E-state index contributed by atoms with van der Waals surface area (Å²) in [5.74, 6) is -1.52. The van der Waals surface area contributed by atoms with Gasteiger partial charge in [0.2, 0.25) is 5.91 Å². The fourth-order valence-electron chi connectivity index (χ4n) is 6.95. The zero-order valence-corrected chi connectivity index (χ0v) is 27.8. The van der Waals surface area contributed by atoms with E-state index in [4.69, 9.17) is 16.3 Å². The van der Waals surface area contributed by atoms with Gasteiger partial charge in [-0.1, -0.05) is 48.0 Å². The number of anilines is 1. The Hall–Kier alpha value is -4.11. The van der Waals surface area contributed by atoms with Crippen LogP contribution >= 0.6 is 11.6 Å². The van der Waals surface area contributed by atoms with Gasteiger partial charge in [0, 0.05) is 55.1 Å². The second-order valence-corrected chi connectivity index (χ2v) is 14.3. The van der Waals surface area contributed by atoms with Gasteiger partial charge in [0.05, 0.1) is 22.7 Å². The maximum atomic E-state index is 14.9. The maximum Gasteiger partial charge on any atom is 0.411 e. The van der Waals surface area contributed by atoms with Crippen LogP contribution in [0.3, 0.4) is 0 Å². The second kappa shape index (κ2) is 12.2. The lowest BCUT2D eigenvalue weighted by Gasteiger charge is -2.42. The molecule has 2 fully saturated rings. The van der Waals surface area contributed by atoms with Crippen LogP contribution in [0.1, 0.15) is 58.9 Å². The van der Waals surface area contributed by atoms with Crippen molar-refractivity contribution in [1.29, 1.82) is 0 Å². The number of benzene rings is 2. The molecule has 2 atom stereocenters. The molecule has 0 bridgehead atoms. The van der Waals surface area contributed by atoms with Crippen LogP contribution in [0.2, 0.25) is 5.02 Å². The Balaban J connectivity index is 1.31. The van der Waals surface area contributed by atoms with Crippen LogP contribution in [0.4, 0.5) is 14.9 Å². The lowest BCUT2D eigenvalue weighted by Crippen LogP contribution is -2.55. The number of halogens is 2. The predicted octanol–water partition coefficient (Wildman–Crippen LogP) is 7.63. The van der Waals surface area contributed by atoms with Crippen LogP contribution in [0.25, 0.3) is 22.2 Å². The third kappa shape index (κ3) is 6.17. The number of carbonyl (C=O) groups excluding carboxylic acids is 2. The van der Waals surface area contributed by atoms with Crippen molar-refractivity contribution in [3.8, 4) is 11.1 Å². The zero-order valence-electron chi connectivity index (χ0n) is 27.0. The van der Waals surface area contributed by atoms with E-state index < -0.39 is 35.0 Å². The summed E-state index contributed by atoms with van der Waals surface area (Å²) in [4.78, 5) is 42.0. The highest BCUT2D eigenvalue weighted by atomic mass is 35.5. The molecule has 2 aromatic carbocycles. The van der Waals surface area contributed by atoms with Crippen molar-refractivity contribution >= 4 is 40.3 Å². The molecular formula is C36H41ClFN5O3. The molecule has 1 N–H and O–H groups in total. The van der Waals surface area contributed by atoms with Gasteiger partial charge in [0.1, 0.15) is 17.1 Å². The fraction of sp³-hybridized carbons (Fsp3) is 0.417. The van der Waals surface area contributed by atoms with Gasteiger partial charge in [0.15, 0.2) is 0 Å². The highest BCUT2D eigenvalue weighted by molar-refractivity contribution is 6.30. The van der Waals surface area contributed by atoms with E-state index >= 15 is 0 Å². The minimum Gasteiger partial charge on any atom is -0.444 e. The summed E-state index contributed by atoms with van der Waals surface area (Å²) in [6.07, 6.45) is 4.58. The average Bonchev–Trinajstić information content (AvgIpc) is 3.62. The summed E-state index contributed by atoms with van der Waals surface area (Å²) >= 11 is 6.07. The topological polar surface area (TPSA) is 81.8 Å². The van der Waals surface area contributed by atoms with E-state index in [1.54, 1.807) is 11.0 Å². The van der Waals surface area contributed by atoms with Gasteiger partial charge in [-0.3, -0.25) is 9.69 Å². The molecule has 2 aromatic heterocycles. The van der Waals surface area contributed by atoms with Crippen LogP contribution in [-0.2, 0) is 9.53 Å². The van der Waals surface area contributed by atoms with E-state index in [0.29, 0.717) is 44.6 Å². The first kappa shape index (κ1) is 31.9. The first-order chi connectivity index (χ1) is 21.8. The molecule has 2 saturated heterocycles. The van der Waals surface area contributed by atoms with Crippen molar-refractivity contribution in [1.82, 2.24) is 19.8 Å². The number of aromatic amines is 1. The molecule has 4 heterocycles. The number of amides is 2. The molecule has 8 nitrogen and oxygen atoms in total. The average molecular weight is 646 g/mol. The van der Waals surface area contributed by atoms with Gasteiger partial charge in [0.25, 0.3) is 0 Å². The van der Waals surface area contributed by atoms with Crippen LogP contribution in [-0.4, -0.2) is 75.1 Å². The molecular weight excluding hydrogens is 605 g/mol. The third-order valence-corrected chi connectivity index (χ3v) is 9.44. The summed E-state index contributed by atoms with van der Waals surface area (Å²) in [6.45, 7) is 11.6. The standard InChI is InChI=1S/C36H41ClFN5O3/c1-35(2,3)46-34(45)43-29(13-15-36(43,4)5)30(24-11-12-27(37)28(38)21-24)33(44)42-19-17-41(18-20-42)31-25-14-16-39-32(25)40-22-26(31)23-9-7-6-8-10-23/h6-12,14,16,21-22,29-30H,13,15,17-20H2,1-5H3,(H,39,40)/t29?,30-/m0/s1. The molecule has 242 valence electrons. The number of likely N-dealkylation sites (tertiary alicyclic amines) is 1. The van der Waals surface area contributed by atoms with E-state index in [0.717, 1.165) is 27.8 Å². The lowest BCUT2D eigenvalue weighted by atomic mass is 9.88. The molecule has 2 aliphatic rings. The summed E-state index contributed by atoms with van der Waals surface area (Å²) in [7, 11) is 0. The fourth-order valence-corrected chi connectivity index (χ4v) is 7.07. The Morgan fingerprint density at radius 1 is 1.07 bits per heavy atom. The summed E-state index contributed by atoms with van der Waals surface area (Å²) < 4.78 is 20.7. The Kier molecular flexibility index (Phi) is 8.48. The number of aromatic nitrogens is 2. The van der Waals surface area contributed by atoms with E-state index in [2.05, 4.69) is 27.0 Å². The molecule has 2 amide bonds. The van der Waals surface area contributed by atoms with E-state index in [9.17, 15) is 14.0 Å². The van der Waals surface area contributed by atoms with Crippen molar-refractivity contribution in [3.05, 3.63) is 83.4 Å². The van der Waals surface area contributed by atoms with E-state index in [1.807, 2.05) is 76.2 Å². The number of pyridine rings is 1. The van der Waals surface area contributed by atoms with E-state index in [1.165, 1.54) is 12.1 Å². The summed E-state index contributed by atoms with van der Waals surface area (Å²) in [5.41, 5.74) is 3.23. The van der Waals surface area contributed by atoms with Crippen molar-refractivity contribution in [2.45, 2.75) is 70.6 Å². The Morgan fingerprint density at radius 2 is 1.78 bits per heavy atom. The molecule has 6 rings (SSSR count). The van der Waals surface area contributed by atoms with Gasteiger partial charge < -0.3 is 19.5 Å². The summed E-state index contributed by atoms with van der Waals surface area (Å²) in [5, 5.41) is 1.01. The minimum absolute atomic E-state index is 0.0121. The molecule has 0 radical (unpaired) electrons. The van der Waals surface area contributed by atoms with Crippen LogP contribution in [0, 0.1) is 5.82 Å². The first-order valence-corrected chi connectivity index (χ1v) is 16.2. The monoisotopic (exact) mass is 645 g/mol. The van der Waals surface area contributed by atoms with Crippen LogP contribution in [0.5, 0.6) is 0 Å². The van der Waals surface area contributed by atoms with Gasteiger partial charge in [-0.25, -0.2) is 14.2 Å². The van der Waals surface area contributed by atoms with Crippen LogP contribution in [0.15, 0.2) is 67.0 Å². The number of piperazine rings is 1. The predicted molar refractivity (Wildman–Crippen MR) is 180 cm³/mol. The molecule has 10 heteroatoms. The number of fused-ring (bicyclic) bond motifs is 1. The van der Waals surface area contributed by atoms with Crippen LogP contribution < -0.4 is 4.90 Å². The number of hydrogen-bond acceptors (Lipinski definition) is 5. The molecule has 4 aromatic rings. The normalized spacial score (nSPS) is 19.0. The van der Waals surface area contributed by atoms with E-state index in [-0.39, 0.29) is 10.9 Å². The SMILES string of the molecule is CC(C)(C)OC(=O)N1C([C@@H](C(=O)N2CCN(c3c(-c4ccccc4)cnc4[nH]ccc34)CC2)c2ccc(Cl)c(F)c2)CCC1(C)C. The largest absolute Gasteiger partial charge is 0.444 e. The van der Waals surface area contributed by atoms with Crippen molar-refractivity contribution in [3.63, 3.8) is 0 Å². The smallest absolute Gasteiger partial charge is 0.411 e. The number of H-pyrrole nitrogens is 1. The number of carbonyl (C=O) groups is 2. The highest BCUT2D eigenvalue weighted by Crippen LogP contribution is 2.43. The maximum absolute atomic E-state index is 14.9. The Bertz CT molecular complexity index is 1740. The van der Waals surface area contributed by atoms with Crippen molar-refractivity contribution < 1.29 is 18.7 Å². The Labute approximate surface area is 274 Å².